The highest BCUT2D eigenvalue weighted by molar-refractivity contribution is 9.09. The zero-order valence-corrected chi connectivity index (χ0v) is 8.02. The number of hydrogen-bond donors (Lipinski definition) is 0. The maximum Gasteiger partial charge on any atom is 0.123 e. The fourth-order valence-electron chi connectivity index (χ4n) is 0.931. The highest BCUT2D eigenvalue weighted by Crippen LogP contribution is 2.09. The van der Waals surface area contributed by atoms with Gasteiger partial charge in [0.05, 0.1) is 0 Å². The molecule has 0 radical (unpaired) electrons. The SMILES string of the molecule is Fc1ccc(CC(F)CBr)cc1. The van der Waals surface area contributed by atoms with E-state index >= 15 is 0 Å². The van der Waals surface area contributed by atoms with Gasteiger partial charge in [0.1, 0.15) is 12.0 Å². The van der Waals surface area contributed by atoms with E-state index in [0.717, 1.165) is 5.56 Å². The molecule has 0 aliphatic heterocycles. The average Bonchev–Trinajstić information content (AvgIpc) is 2.09. The summed E-state index contributed by atoms with van der Waals surface area (Å²) < 4.78 is 25.2. The van der Waals surface area contributed by atoms with Crippen molar-refractivity contribution in [2.45, 2.75) is 12.6 Å². The minimum atomic E-state index is -0.893. The van der Waals surface area contributed by atoms with Crippen molar-refractivity contribution in [2.24, 2.45) is 0 Å². The summed E-state index contributed by atoms with van der Waals surface area (Å²) >= 11 is 3.04. The van der Waals surface area contributed by atoms with Gasteiger partial charge in [0.15, 0.2) is 0 Å². The minimum Gasteiger partial charge on any atom is -0.246 e. The van der Waals surface area contributed by atoms with E-state index in [2.05, 4.69) is 15.9 Å². The van der Waals surface area contributed by atoms with Gasteiger partial charge < -0.3 is 0 Å². The molecule has 12 heavy (non-hydrogen) atoms. The van der Waals surface area contributed by atoms with Crippen molar-refractivity contribution < 1.29 is 8.78 Å². The van der Waals surface area contributed by atoms with Crippen molar-refractivity contribution >= 4 is 15.9 Å². The molecule has 1 unspecified atom stereocenters. The van der Waals surface area contributed by atoms with Gasteiger partial charge in [-0.3, -0.25) is 0 Å². The summed E-state index contributed by atoms with van der Waals surface area (Å²) in [4.78, 5) is 0. The molecule has 0 saturated carbocycles. The standard InChI is InChI=1S/C9H9BrF2/c10-6-9(12)5-7-1-3-8(11)4-2-7/h1-4,9H,5-6H2. The molecule has 0 spiro atoms. The first kappa shape index (κ1) is 9.65. The van der Waals surface area contributed by atoms with Crippen LogP contribution in [0.3, 0.4) is 0 Å². The summed E-state index contributed by atoms with van der Waals surface area (Å²) in [5.41, 5.74) is 0.823. The highest BCUT2D eigenvalue weighted by Gasteiger charge is 2.04. The van der Waals surface area contributed by atoms with E-state index in [4.69, 9.17) is 0 Å². The lowest BCUT2D eigenvalue weighted by molar-refractivity contribution is 0.368. The number of halogens is 3. The van der Waals surface area contributed by atoms with Gasteiger partial charge in [0.2, 0.25) is 0 Å². The van der Waals surface area contributed by atoms with Crippen LogP contribution in [-0.2, 0) is 6.42 Å². The first-order valence-corrected chi connectivity index (χ1v) is 4.79. The highest BCUT2D eigenvalue weighted by atomic mass is 79.9. The Balaban J connectivity index is 2.58. The Morgan fingerprint density at radius 2 is 1.83 bits per heavy atom. The van der Waals surface area contributed by atoms with Crippen LogP contribution >= 0.6 is 15.9 Å². The van der Waals surface area contributed by atoms with Crippen LogP contribution in [0.15, 0.2) is 24.3 Å². The largest absolute Gasteiger partial charge is 0.246 e. The first-order valence-electron chi connectivity index (χ1n) is 3.67. The van der Waals surface area contributed by atoms with Gasteiger partial charge in [-0.25, -0.2) is 8.78 Å². The molecule has 3 heteroatoms. The van der Waals surface area contributed by atoms with Crippen LogP contribution in [0.25, 0.3) is 0 Å². The number of benzene rings is 1. The van der Waals surface area contributed by atoms with Crippen molar-refractivity contribution in [3.8, 4) is 0 Å². The zero-order chi connectivity index (χ0) is 8.97. The quantitative estimate of drug-likeness (QED) is 0.706. The summed E-state index contributed by atoms with van der Waals surface area (Å²) in [6.07, 6.45) is -0.554. The number of alkyl halides is 2. The van der Waals surface area contributed by atoms with Gasteiger partial charge in [-0.1, -0.05) is 28.1 Å². The topological polar surface area (TPSA) is 0 Å². The van der Waals surface area contributed by atoms with E-state index < -0.39 is 6.17 Å². The Kier molecular flexibility index (Phi) is 3.66. The predicted molar refractivity (Wildman–Crippen MR) is 48.8 cm³/mol. The van der Waals surface area contributed by atoms with Gasteiger partial charge in [0.25, 0.3) is 0 Å². The molecular weight excluding hydrogens is 226 g/mol. The van der Waals surface area contributed by atoms with Gasteiger partial charge in [-0.2, -0.15) is 0 Å². The third-order valence-electron chi connectivity index (χ3n) is 1.54. The Morgan fingerprint density at radius 1 is 1.25 bits per heavy atom. The Morgan fingerprint density at radius 3 is 2.33 bits per heavy atom. The molecule has 0 aromatic heterocycles. The summed E-state index contributed by atoms with van der Waals surface area (Å²) in [6, 6.07) is 5.89. The van der Waals surface area contributed by atoms with E-state index in [1.165, 1.54) is 12.1 Å². The van der Waals surface area contributed by atoms with Crippen LogP contribution in [0.2, 0.25) is 0 Å². The second kappa shape index (κ2) is 4.55. The molecule has 0 aliphatic rings. The summed E-state index contributed by atoms with van der Waals surface area (Å²) in [5, 5.41) is 0.324. The molecular formula is C9H9BrF2. The normalized spacial score (nSPS) is 12.9. The van der Waals surface area contributed by atoms with Crippen molar-refractivity contribution in [1.82, 2.24) is 0 Å². The van der Waals surface area contributed by atoms with Crippen molar-refractivity contribution in [3.05, 3.63) is 35.6 Å². The van der Waals surface area contributed by atoms with E-state index in [0.29, 0.717) is 11.8 Å². The van der Waals surface area contributed by atoms with Crippen LogP contribution < -0.4 is 0 Å². The summed E-state index contributed by atoms with van der Waals surface area (Å²) in [7, 11) is 0. The smallest absolute Gasteiger partial charge is 0.123 e. The third-order valence-corrected chi connectivity index (χ3v) is 2.24. The second-order valence-corrected chi connectivity index (χ2v) is 3.23. The molecule has 0 bridgehead atoms. The zero-order valence-electron chi connectivity index (χ0n) is 6.43. The molecule has 1 rings (SSSR count). The fourth-order valence-corrected chi connectivity index (χ4v) is 1.16. The van der Waals surface area contributed by atoms with E-state index in [9.17, 15) is 8.78 Å². The number of rotatable bonds is 3. The van der Waals surface area contributed by atoms with Crippen molar-refractivity contribution in [3.63, 3.8) is 0 Å². The molecule has 0 N–H and O–H groups in total. The molecule has 0 fully saturated rings. The summed E-state index contributed by atoms with van der Waals surface area (Å²) in [5.74, 6) is -0.284. The van der Waals surface area contributed by atoms with Gasteiger partial charge in [0, 0.05) is 11.8 Å². The fraction of sp³-hybridized carbons (Fsp3) is 0.333. The molecule has 0 nitrogen and oxygen atoms in total. The third kappa shape index (κ3) is 2.89. The molecule has 0 aliphatic carbocycles. The molecule has 0 heterocycles. The maximum atomic E-state index is 12.8. The van der Waals surface area contributed by atoms with Gasteiger partial charge >= 0.3 is 0 Å². The van der Waals surface area contributed by atoms with E-state index in [1.807, 2.05) is 0 Å². The molecule has 1 atom stereocenters. The first-order chi connectivity index (χ1) is 5.72. The van der Waals surface area contributed by atoms with Gasteiger partial charge in [-0.05, 0) is 17.7 Å². The lowest BCUT2D eigenvalue weighted by Crippen LogP contribution is -2.05. The van der Waals surface area contributed by atoms with Crippen molar-refractivity contribution in [2.75, 3.05) is 5.33 Å². The lowest BCUT2D eigenvalue weighted by atomic mass is 10.1. The maximum absolute atomic E-state index is 12.8. The molecule has 1 aromatic carbocycles. The van der Waals surface area contributed by atoms with Crippen LogP contribution in [-0.4, -0.2) is 11.5 Å². The Bertz CT molecular complexity index is 233. The Labute approximate surface area is 78.7 Å². The van der Waals surface area contributed by atoms with Crippen LogP contribution in [0, 0.1) is 5.82 Å². The van der Waals surface area contributed by atoms with E-state index in [1.54, 1.807) is 12.1 Å². The second-order valence-electron chi connectivity index (χ2n) is 2.58. The van der Waals surface area contributed by atoms with Crippen molar-refractivity contribution in [1.29, 1.82) is 0 Å². The molecule has 1 aromatic rings. The number of hydrogen-bond acceptors (Lipinski definition) is 0. The molecule has 0 amide bonds. The monoisotopic (exact) mass is 234 g/mol. The predicted octanol–water partition coefficient (Wildman–Crippen LogP) is 3.10. The van der Waals surface area contributed by atoms with Crippen LogP contribution in [0.5, 0.6) is 0 Å². The minimum absolute atomic E-state index is 0.284. The van der Waals surface area contributed by atoms with Crippen LogP contribution in [0.1, 0.15) is 5.56 Å². The molecule has 66 valence electrons. The van der Waals surface area contributed by atoms with E-state index in [-0.39, 0.29) is 5.82 Å². The molecule has 0 saturated heterocycles. The average molecular weight is 235 g/mol. The van der Waals surface area contributed by atoms with Crippen LogP contribution in [0.4, 0.5) is 8.78 Å². The lowest BCUT2D eigenvalue weighted by Gasteiger charge is -2.03. The summed E-state index contributed by atoms with van der Waals surface area (Å²) in [6.45, 7) is 0. The Hall–Kier alpha value is -0.440. The van der Waals surface area contributed by atoms with Gasteiger partial charge in [-0.15, -0.1) is 0 Å².